The normalized spacial score (nSPS) is 8.69. The van der Waals surface area contributed by atoms with Crippen molar-refractivity contribution in [3.8, 4) is 0 Å². The third-order valence-electron chi connectivity index (χ3n) is 1.41. The van der Waals surface area contributed by atoms with Crippen LogP contribution >= 0.6 is 12.4 Å². The summed E-state index contributed by atoms with van der Waals surface area (Å²) in [6, 6.07) is 6.72. The summed E-state index contributed by atoms with van der Waals surface area (Å²) in [6.07, 6.45) is 0. The molecule has 0 aliphatic rings. The van der Waals surface area contributed by atoms with Crippen LogP contribution in [-0.4, -0.2) is 18.3 Å². The number of benzene rings is 1. The fourth-order valence-electron chi connectivity index (χ4n) is 0.840. The van der Waals surface area contributed by atoms with Crippen LogP contribution in [-0.2, 0) is 0 Å². The molecule has 0 heterocycles. The average molecular weight is 203 g/mol. The molecule has 0 unspecified atom stereocenters. The molecule has 0 atom stereocenters. The largest absolute Gasteiger partial charge is 0.395 e. The molecule has 13 heavy (non-hydrogen) atoms. The maximum absolute atomic E-state index is 10.0. The second kappa shape index (κ2) is 6.39. The Morgan fingerprint density at radius 2 is 1.92 bits per heavy atom. The van der Waals surface area contributed by atoms with Crippen LogP contribution in [0.5, 0.6) is 0 Å². The molecule has 1 aromatic carbocycles. The van der Waals surface area contributed by atoms with Crippen LogP contribution in [0.15, 0.2) is 29.4 Å². The van der Waals surface area contributed by atoms with Crippen LogP contribution < -0.4 is 5.32 Å². The molecule has 0 spiro atoms. The molecule has 0 aromatic heterocycles. The summed E-state index contributed by atoms with van der Waals surface area (Å²) in [5, 5.41) is 14.2. The van der Waals surface area contributed by atoms with Crippen LogP contribution in [0.1, 0.15) is 0 Å². The lowest BCUT2D eigenvalue weighted by Crippen LogP contribution is -2.04. The van der Waals surface area contributed by atoms with Gasteiger partial charge in [-0.05, 0) is 29.4 Å². The Balaban J connectivity index is 0.00000144. The van der Waals surface area contributed by atoms with Crippen molar-refractivity contribution in [2.75, 3.05) is 18.5 Å². The van der Waals surface area contributed by atoms with Gasteiger partial charge < -0.3 is 10.4 Å². The lowest BCUT2D eigenvalue weighted by molar-refractivity contribution is 0.311. The Bertz CT molecular complexity index is 251. The molecule has 0 aliphatic carbocycles. The van der Waals surface area contributed by atoms with Crippen molar-refractivity contribution in [3.63, 3.8) is 0 Å². The molecule has 1 rings (SSSR count). The van der Waals surface area contributed by atoms with Crippen molar-refractivity contribution in [3.05, 3.63) is 29.2 Å². The Labute approximate surface area is 82.4 Å². The first kappa shape index (κ1) is 11.9. The predicted octanol–water partition coefficient (Wildman–Crippen LogP) is 1.91. The zero-order valence-electron chi connectivity index (χ0n) is 6.93. The molecule has 2 N–H and O–H groups in total. The van der Waals surface area contributed by atoms with E-state index in [4.69, 9.17) is 5.11 Å². The van der Waals surface area contributed by atoms with Gasteiger partial charge in [0.05, 0.1) is 6.61 Å². The van der Waals surface area contributed by atoms with Crippen molar-refractivity contribution in [1.29, 1.82) is 0 Å². The summed E-state index contributed by atoms with van der Waals surface area (Å²) in [5.74, 6) is 0. The molecule has 72 valence electrons. The van der Waals surface area contributed by atoms with Crippen molar-refractivity contribution in [2.24, 2.45) is 5.18 Å². The van der Waals surface area contributed by atoms with Gasteiger partial charge in [0.25, 0.3) is 0 Å². The number of nitrogens with one attached hydrogen (secondary N) is 1. The van der Waals surface area contributed by atoms with E-state index < -0.39 is 0 Å². The monoisotopic (exact) mass is 202 g/mol. The highest BCUT2D eigenvalue weighted by Gasteiger charge is 1.91. The second-order valence-corrected chi connectivity index (χ2v) is 2.29. The Morgan fingerprint density at radius 3 is 2.38 bits per heavy atom. The molecule has 0 saturated heterocycles. The number of nitrogens with zero attached hydrogens (tertiary/aromatic N) is 1. The average Bonchev–Trinajstić information content (AvgIpc) is 2.15. The van der Waals surface area contributed by atoms with Crippen LogP contribution in [0.2, 0.25) is 0 Å². The van der Waals surface area contributed by atoms with E-state index in [2.05, 4.69) is 10.5 Å². The first-order valence-corrected chi connectivity index (χ1v) is 3.65. The molecule has 4 nitrogen and oxygen atoms in total. The summed E-state index contributed by atoms with van der Waals surface area (Å²) in [6.45, 7) is 0.599. The maximum atomic E-state index is 10.0. The summed E-state index contributed by atoms with van der Waals surface area (Å²) < 4.78 is 0. The van der Waals surface area contributed by atoms with E-state index in [0.29, 0.717) is 12.2 Å². The number of halogens is 1. The zero-order chi connectivity index (χ0) is 8.81. The third-order valence-corrected chi connectivity index (χ3v) is 1.41. The SMILES string of the molecule is Cl.O=Nc1ccc(NCCO)cc1. The van der Waals surface area contributed by atoms with Gasteiger partial charge >= 0.3 is 0 Å². The fourth-order valence-corrected chi connectivity index (χ4v) is 0.840. The highest BCUT2D eigenvalue weighted by molar-refractivity contribution is 5.85. The standard InChI is InChI=1S/C8H10N2O2.ClH/c11-6-5-9-7-1-3-8(10-12)4-2-7;/h1-4,9,11H,5-6H2;1H. The smallest absolute Gasteiger partial charge is 0.108 e. The first-order valence-electron chi connectivity index (χ1n) is 3.65. The van der Waals surface area contributed by atoms with Crippen LogP contribution in [0.3, 0.4) is 0 Å². The van der Waals surface area contributed by atoms with E-state index in [1.54, 1.807) is 24.3 Å². The van der Waals surface area contributed by atoms with E-state index >= 15 is 0 Å². The van der Waals surface area contributed by atoms with Crippen molar-refractivity contribution in [1.82, 2.24) is 0 Å². The molecule has 0 saturated carbocycles. The van der Waals surface area contributed by atoms with E-state index in [1.165, 1.54) is 0 Å². The van der Waals surface area contributed by atoms with Gasteiger partial charge in [0.2, 0.25) is 0 Å². The molecule has 0 fully saturated rings. The van der Waals surface area contributed by atoms with Gasteiger partial charge in [-0.3, -0.25) is 0 Å². The quantitative estimate of drug-likeness (QED) is 0.734. The fraction of sp³-hybridized carbons (Fsp3) is 0.250. The van der Waals surface area contributed by atoms with Gasteiger partial charge in [0.1, 0.15) is 5.69 Å². The highest BCUT2D eigenvalue weighted by Crippen LogP contribution is 2.14. The number of rotatable bonds is 4. The van der Waals surface area contributed by atoms with Gasteiger partial charge in [-0.25, -0.2) is 0 Å². The molecule has 0 radical (unpaired) electrons. The van der Waals surface area contributed by atoms with E-state index in [1.807, 2.05) is 0 Å². The molecule has 0 bridgehead atoms. The first-order chi connectivity index (χ1) is 5.86. The van der Waals surface area contributed by atoms with Gasteiger partial charge in [0, 0.05) is 12.2 Å². The maximum Gasteiger partial charge on any atom is 0.108 e. The third kappa shape index (κ3) is 3.87. The van der Waals surface area contributed by atoms with Crippen LogP contribution in [0.4, 0.5) is 11.4 Å². The van der Waals surface area contributed by atoms with Crippen LogP contribution in [0.25, 0.3) is 0 Å². The highest BCUT2D eigenvalue weighted by atomic mass is 35.5. The number of anilines is 1. The Kier molecular flexibility index (Phi) is 5.84. The van der Waals surface area contributed by atoms with Crippen molar-refractivity contribution in [2.45, 2.75) is 0 Å². The van der Waals surface area contributed by atoms with Crippen molar-refractivity contribution < 1.29 is 5.11 Å². The Morgan fingerprint density at radius 1 is 1.31 bits per heavy atom. The minimum Gasteiger partial charge on any atom is -0.395 e. The van der Waals surface area contributed by atoms with Gasteiger partial charge in [0.15, 0.2) is 0 Å². The van der Waals surface area contributed by atoms with Gasteiger partial charge in [-0.1, -0.05) is 0 Å². The molecular weight excluding hydrogens is 192 g/mol. The van der Waals surface area contributed by atoms with E-state index in [9.17, 15) is 4.91 Å². The number of hydrogen-bond acceptors (Lipinski definition) is 4. The summed E-state index contributed by atoms with van der Waals surface area (Å²) in [7, 11) is 0. The molecule has 1 aromatic rings. The molecule has 0 amide bonds. The predicted molar refractivity (Wildman–Crippen MR) is 54.7 cm³/mol. The number of nitroso groups, excluding NO2 is 1. The number of aliphatic hydroxyl groups excluding tert-OH is 1. The topological polar surface area (TPSA) is 61.7 Å². The van der Waals surface area contributed by atoms with Crippen LogP contribution in [0, 0.1) is 4.91 Å². The second-order valence-electron chi connectivity index (χ2n) is 2.29. The molecule has 0 aliphatic heterocycles. The number of hydrogen-bond donors (Lipinski definition) is 2. The zero-order valence-corrected chi connectivity index (χ0v) is 7.75. The van der Waals surface area contributed by atoms with Gasteiger partial charge in [-0.15, -0.1) is 17.3 Å². The summed E-state index contributed by atoms with van der Waals surface area (Å²) in [4.78, 5) is 10.0. The summed E-state index contributed by atoms with van der Waals surface area (Å²) in [5.41, 5.74) is 1.28. The Hall–Kier alpha value is -1.13. The van der Waals surface area contributed by atoms with Crippen molar-refractivity contribution >= 4 is 23.8 Å². The van der Waals surface area contributed by atoms with Gasteiger partial charge in [-0.2, -0.15) is 0 Å². The minimum atomic E-state index is 0. The molecule has 5 heteroatoms. The summed E-state index contributed by atoms with van der Waals surface area (Å²) >= 11 is 0. The van der Waals surface area contributed by atoms with E-state index in [-0.39, 0.29) is 19.0 Å². The molecular formula is C8H11ClN2O2. The lowest BCUT2D eigenvalue weighted by Gasteiger charge is -2.02. The lowest BCUT2D eigenvalue weighted by atomic mass is 10.3. The van der Waals surface area contributed by atoms with E-state index in [0.717, 1.165) is 5.69 Å². The minimum absolute atomic E-state index is 0. The number of aliphatic hydroxyl groups is 1.